The molecule has 0 saturated carbocycles. The number of nitrogens with one attached hydrogen (secondary N) is 1. The highest BCUT2D eigenvalue weighted by atomic mass is 35.5. The molecule has 2 aromatic rings. The Morgan fingerprint density at radius 1 is 1.15 bits per heavy atom. The molecule has 2 aliphatic heterocycles. The summed E-state index contributed by atoms with van der Waals surface area (Å²) in [5.41, 5.74) is 4.23. The van der Waals surface area contributed by atoms with Crippen LogP contribution in [0.15, 0.2) is 65.0 Å². The predicted octanol–water partition coefficient (Wildman–Crippen LogP) is 4.82. The molecule has 0 saturated heterocycles. The van der Waals surface area contributed by atoms with E-state index in [1.165, 1.54) is 0 Å². The molecule has 0 fully saturated rings. The smallest absolute Gasteiger partial charge is 0.336 e. The van der Waals surface area contributed by atoms with E-state index in [-0.39, 0.29) is 19.2 Å². The van der Waals surface area contributed by atoms with Crippen molar-refractivity contribution in [2.45, 2.75) is 38.5 Å². The summed E-state index contributed by atoms with van der Waals surface area (Å²) in [6, 6.07) is 13.3. The van der Waals surface area contributed by atoms with Gasteiger partial charge in [0.25, 0.3) is 0 Å². The highest BCUT2D eigenvalue weighted by Gasteiger charge is 2.40. The van der Waals surface area contributed by atoms with E-state index in [0.717, 1.165) is 24.1 Å². The van der Waals surface area contributed by atoms with Crippen LogP contribution in [0.1, 0.15) is 43.2 Å². The number of ketones is 1. The minimum absolute atomic E-state index is 0.0181. The van der Waals surface area contributed by atoms with Gasteiger partial charge in [0.2, 0.25) is 6.79 Å². The Bertz CT molecular complexity index is 1180. The topological polar surface area (TPSA) is 73.9 Å². The van der Waals surface area contributed by atoms with Crippen molar-refractivity contribution in [2.75, 3.05) is 13.4 Å². The Balaban J connectivity index is 1.50. The maximum atomic E-state index is 13.4. The highest BCUT2D eigenvalue weighted by Crippen LogP contribution is 2.48. The number of fused-ring (bicyclic) bond motifs is 1. The zero-order chi connectivity index (χ0) is 22.9. The predicted molar refractivity (Wildman–Crippen MR) is 123 cm³/mol. The van der Waals surface area contributed by atoms with Gasteiger partial charge in [-0.3, -0.25) is 4.79 Å². The number of benzene rings is 2. The molecule has 6 nitrogen and oxygen atoms in total. The molecular weight excluding hydrogens is 442 g/mol. The Labute approximate surface area is 197 Å². The minimum Gasteiger partial charge on any atom is -0.462 e. The van der Waals surface area contributed by atoms with Gasteiger partial charge < -0.3 is 19.5 Å². The van der Waals surface area contributed by atoms with Gasteiger partial charge in [0.1, 0.15) is 0 Å². The van der Waals surface area contributed by atoms with E-state index in [0.29, 0.717) is 51.8 Å². The molecule has 170 valence electrons. The quantitative estimate of drug-likeness (QED) is 0.638. The molecule has 2 heterocycles. The molecule has 1 N–H and O–H groups in total. The summed E-state index contributed by atoms with van der Waals surface area (Å²) < 4.78 is 16.7. The van der Waals surface area contributed by atoms with Gasteiger partial charge in [-0.2, -0.15) is 0 Å². The van der Waals surface area contributed by atoms with Crippen LogP contribution < -0.4 is 14.8 Å². The van der Waals surface area contributed by atoms with Gasteiger partial charge in [0.05, 0.1) is 12.2 Å². The summed E-state index contributed by atoms with van der Waals surface area (Å²) in [7, 11) is 0. The first kappa shape index (κ1) is 21.6. The third kappa shape index (κ3) is 4.11. The second kappa shape index (κ2) is 8.94. The van der Waals surface area contributed by atoms with Crippen LogP contribution in [0, 0.1) is 0 Å². The normalized spacial score (nSPS) is 19.3. The van der Waals surface area contributed by atoms with E-state index >= 15 is 0 Å². The van der Waals surface area contributed by atoms with Gasteiger partial charge in [-0.1, -0.05) is 41.9 Å². The average Bonchev–Trinajstić information content (AvgIpc) is 3.25. The van der Waals surface area contributed by atoms with Crippen molar-refractivity contribution in [3.8, 4) is 11.5 Å². The summed E-state index contributed by atoms with van der Waals surface area (Å²) >= 11 is 6.66. The van der Waals surface area contributed by atoms with E-state index in [1.54, 1.807) is 12.1 Å². The number of dihydropyridines is 1. The first-order valence-electron chi connectivity index (χ1n) is 11.1. The molecule has 1 atom stereocenters. The fraction of sp³-hybridized carbons (Fsp3) is 0.308. The van der Waals surface area contributed by atoms with E-state index < -0.39 is 11.9 Å². The minimum atomic E-state index is -0.625. The third-order valence-corrected chi connectivity index (χ3v) is 6.59. The largest absolute Gasteiger partial charge is 0.462 e. The van der Waals surface area contributed by atoms with Gasteiger partial charge in [-0.25, -0.2) is 4.79 Å². The van der Waals surface area contributed by atoms with E-state index in [2.05, 4.69) is 5.32 Å². The number of allylic oxidation sites excluding steroid dienone is 3. The average molecular weight is 466 g/mol. The van der Waals surface area contributed by atoms with Crippen LogP contribution in [0.5, 0.6) is 11.5 Å². The van der Waals surface area contributed by atoms with Crippen molar-refractivity contribution < 1.29 is 23.8 Å². The number of carbonyl (C=O) groups excluding carboxylic acids is 2. The van der Waals surface area contributed by atoms with Gasteiger partial charge in [0.15, 0.2) is 17.3 Å². The molecule has 0 spiro atoms. The Morgan fingerprint density at radius 3 is 2.70 bits per heavy atom. The summed E-state index contributed by atoms with van der Waals surface area (Å²) in [4.78, 5) is 26.4. The molecule has 0 amide bonds. The Morgan fingerprint density at radius 2 is 1.91 bits per heavy atom. The lowest BCUT2D eigenvalue weighted by molar-refractivity contribution is -0.139. The number of esters is 1. The Kier molecular flexibility index (Phi) is 5.85. The lowest BCUT2D eigenvalue weighted by Gasteiger charge is -2.34. The summed E-state index contributed by atoms with van der Waals surface area (Å²) in [6.45, 7) is 2.18. The van der Waals surface area contributed by atoms with Crippen LogP contribution in [0.2, 0.25) is 5.02 Å². The fourth-order valence-corrected chi connectivity index (χ4v) is 4.97. The zero-order valence-corrected chi connectivity index (χ0v) is 19.0. The molecule has 3 aliphatic rings. The maximum Gasteiger partial charge on any atom is 0.336 e. The molecule has 5 rings (SSSR count). The lowest BCUT2D eigenvalue weighted by atomic mass is 9.75. The SMILES string of the molecule is CC1=C(C(=O)OCCc2ccccc2)[C@H](c2cc3c(cc2Cl)OCO3)C2=C(CCCC2=O)N1. The zero-order valence-electron chi connectivity index (χ0n) is 18.3. The molecule has 0 bridgehead atoms. The highest BCUT2D eigenvalue weighted by molar-refractivity contribution is 6.32. The molecule has 33 heavy (non-hydrogen) atoms. The summed E-state index contributed by atoms with van der Waals surface area (Å²) in [6.07, 6.45) is 2.56. The molecule has 1 aliphatic carbocycles. The molecule has 2 aromatic carbocycles. The second-order valence-electron chi connectivity index (χ2n) is 8.36. The Hall–Kier alpha value is -3.25. The molecular formula is C26H24ClNO5. The van der Waals surface area contributed by atoms with Crippen molar-refractivity contribution in [3.63, 3.8) is 0 Å². The van der Waals surface area contributed by atoms with Gasteiger partial charge in [-0.15, -0.1) is 0 Å². The third-order valence-electron chi connectivity index (χ3n) is 6.27. The fourth-order valence-electron chi connectivity index (χ4n) is 4.70. The maximum absolute atomic E-state index is 13.4. The summed E-state index contributed by atoms with van der Waals surface area (Å²) in [5, 5.41) is 3.71. The van der Waals surface area contributed by atoms with Crippen LogP contribution >= 0.6 is 11.6 Å². The summed E-state index contributed by atoms with van der Waals surface area (Å²) in [5.74, 6) is 0.0340. The van der Waals surface area contributed by atoms with Crippen molar-refractivity contribution in [1.82, 2.24) is 5.32 Å². The van der Waals surface area contributed by atoms with Gasteiger partial charge in [0, 0.05) is 46.8 Å². The molecule has 0 radical (unpaired) electrons. The number of rotatable bonds is 5. The van der Waals surface area contributed by atoms with Crippen molar-refractivity contribution in [3.05, 3.63) is 81.2 Å². The van der Waals surface area contributed by atoms with Crippen LogP contribution in [0.3, 0.4) is 0 Å². The first-order valence-corrected chi connectivity index (χ1v) is 11.4. The van der Waals surface area contributed by atoms with E-state index in [1.807, 2.05) is 37.3 Å². The van der Waals surface area contributed by atoms with Crippen LogP contribution in [0.4, 0.5) is 0 Å². The number of halogens is 1. The van der Waals surface area contributed by atoms with E-state index in [4.69, 9.17) is 25.8 Å². The standard InChI is InChI=1S/C26H24ClNO5/c1-15-23(26(30)31-11-10-16-6-3-2-4-7-16)24(25-19(28-15)8-5-9-20(25)29)17-12-21-22(13-18(17)27)33-14-32-21/h2-4,6-7,12-13,24,28H,5,8-11,14H2,1H3/t24-/m0/s1. The molecule has 0 unspecified atom stereocenters. The number of hydrogen-bond acceptors (Lipinski definition) is 6. The number of Topliss-reactive ketones (excluding diaryl/α,β-unsaturated/α-hetero) is 1. The molecule has 7 heteroatoms. The first-order chi connectivity index (χ1) is 16.0. The molecule has 0 aromatic heterocycles. The lowest BCUT2D eigenvalue weighted by Crippen LogP contribution is -2.34. The van der Waals surface area contributed by atoms with Crippen molar-refractivity contribution >= 4 is 23.4 Å². The number of hydrogen-bond donors (Lipinski definition) is 1. The van der Waals surface area contributed by atoms with Crippen LogP contribution in [0.25, 0.3) is 0 Å². The number of carbonyl (C=O) groups is 2. The van der Waals surface area contributed by atoms with Crippen molar-refractivity contribution in [2.24, 2.45) is 0 Å². The second-order valence-corrected chi connectivity index (χ2v) is 8.77. The van der Waals surface area contributed by atoms with Crippen molar-refractivity contribution in [1.29, 1.82) is 0 Å². The monoisotopic (exact) mass is 465 g/mol. The van der Waals surface area contributed by atoms with Crippen LogP contribution in [-0.2, 0) is 20.7 Å². The van der Waals surface area contributed by atoms with Crippen LogP contribution in [-0.4, -0.2) is 25.2 Å². The van der Waals surface area contributed by atoms with E-state index in [9.17, 15) is 9.59 Å². The van der Waals surface area contributed by atoms with Gasteiger partial charge in [-0.05, 0) is 37.0 Å². The number of ether oxygens (including phenoxy) is 3. The van der Waals surface area contributed by atoms with Gasteiger partial charge >= 0.3 is 5.97 Å².